The van der Waals surface area contributed by atoms with Crippen molar-refractivity contribution >= 4 is 76.9 Å². The van der Waals surface area contributed by atoms with Gasteiger partial charge in [0.05, 0.1) is 0 Å². The van der Waals surface area contributed by atoms with Gasteiger partial charge < -0.3 is 0 Å². The molecule has 0 amide bonds. The fourth-order valence-corrected chi connectivity index (χ4v) is 11.5. The van der Waals surface area contributed by atoms with Gasteiger partial charge in [-0.1, -0.05) is 0 Å². The zero-order valence-corrected chi connectivity index (χ0v) is 30.8. The molecule has 0 atom stereocenters. The molecule has 9 aromatic carbocycles. The van der Waals surface area contributed by atoms with Gasteiger partial charge in [0.15, 0.2) is 0 Å². The van der Waals surface area contributed by atoms with Crippen molar-refractivity contribution in [2.24, 2.45) is 0 Å². The average Bonchev–Trinajstić information content (AvgIpc) is 3.81. The number of furan rings is 1. The summed E-state index contributed by atoms with van der Waals surface area (Å²) in [5, 5.41) is 13.0. The van der Waals surface area contributed by atoms with Crippen LogP contribution in [0.5, 0.6) is 0 Å². The molecule has 0 N–H and O–H groups in total. The number of aryl methyl sites for hydroxylation is 1. The van der Waals surface area contributed by atoms with Crippen LogP contribution >= 0.6 is 0 Å². The number of benzene rings is 9. The molecule has 248 valence electrons. The Balaban J connectivity index is 1.18. The molecule has 0 aliphatic rings. The van der Waals surface area contributed by atoms with Crippen molar-refractivity contribution in [1.82, 2.24) is 0 Å². The van der Waals surface area contributed by atoms with E-state index in [2.05, 4.69) is 171 Å². The molecule has 0 aliphatic heterocycles. The van der Waals surface area contributed by atoms with Crippen LogP contribution in [0.3, 0.4) is 0 Å². The fourth-order valence-electron chi connectivity index (χ4n) is 8.83. The average molecular weight is 740 g/mol. The molecular weight excluding hydrogens is 708 g/mol. The van der Waals surface area contributed by atoms with Crippen LogP contribution in [0.2, 0.25) is 0 Å². The van der Waals surface area contributed by atoms with Gasteiger partial charge in [-0.15, -0.1) is 0 Å². The predicted octanol–water partition coefficient (Wildman–Crippen LogP) is 14.2. The first-order valence-electron chi connectivity index (χ1n) is 18.2. The molecule has 11 rings (SSSR count). The zero-order chi connectivity index (χ0) is 35.0. The monoisotopic (exact) mass is 740 g/mol. The summed E-state index contributed by atoms with van der Waals surface area (Å²) in [6, 6.07) is 60.8. The summed E-state index contributed by atoms with van der Waals surface area (Å²) in [6.07, 6.45) is 3.75. The second-order valence-electron chi connectivity index (χ2n) is 14.0. The van der Waals surface area contributed by atoms with Gasteiger partial charge >= 0.3 is 315 Å². The van der Waals surface area contributed by atoms with E-state index >= 15 is 0 Å². The van der Waals surface area contributed by atoms with Crippen LogP contribution in [-0.4, -0.2) is 14.5 Å². The predicted molar refractivity (Wildman–Crippen MR) is 227 cm³/mol. The van der Waals surface area contributed by atoms with Gasteiger partial charge in [-0.05, 0) is 0 Å². The minimum absolute atomic E-state index is 0.122. The van der Waals surface area contributed by atoms with Gasteiger partial charge in [0.25, 0.3) is 0 Å². The summed E-state index contributed by atoms with van der Waals surface area (Å²) >= 11 is 0.122. The van der Waals surface area contributed by atoms with Crippen molar-refractivity contribution in [2.75, 3.05) is 0 Å². The minimum atomic E-state index is 0.122. The SMILES string of the molecule is Cc1cocc1-c1c2ccccc2c(-c2ccc3c(c2)[se]c2c(-c4c5ccccc5c(-c5ccccc5)c5ccccc45)cccc23)c2ccccc12. The molecule has 0 fully saturated rings. The Morgan fingerprint density at radius 3 is 1.36 bits per heavy atom. The van der Waals surface area contributed by atoms with Crippen LogP contribution in [0.1, 0.15) is 5.56 Å². The van der Waals surface area contributed by atoms with E-state index in [4.69, 9.17) is 4.42 Å². The third kappa shape index (κ3) is 4.57. The summed E-state index contributed by atoms with van der Waals surface area (Å²) < 4.78 is 8.62. The standard InChI is InChI=1S/C51H32OSe/c1-31-29-52-30-45(31)50-41-22-11-7-18-37(41)48(38-19-8-12-23-42(38)50)33-26-27-34-43-24-13-25-44(51(43)53-46(34)28-33)49-39-20-9-5-16-35(39)47(32-14-3-2-4-15-32)36-17-6-10-21-40(36)49/h2-30H,1H3. The first-order valence-corrected chi connectivity index (χ1v) is 19.9. The third-order valence-electron chi connectivity index (χ3n) is 11.1. The molecular formula is C51H32OSe. The zero-order valence-electron chi connectivity index (χ0n) is 29.1. The molecule has 53 heavy (non-hydrogen) atoms. The number of hydrogen-bond acceptors (Lipinski definition) is 1. The maximum atomic E-state index is 5.71. The summed E-state index contributed by atoms with van der Waals surface area (Å²) in [7, 11) is 0. The van der Waals surface area contributed by atoms with E-state index < -0.39 is 0 Å². The van der Waals surface area contributed by atoms with Gasteiger partial charge in [0.1, 0.15) is 0 Å². The molecule has 2 heterocycles. The Labute approximate surface area is 313 Å². The Morgan fingerprint density at radius 1 is 0.358 bits per heavy atom. The van der Waals surface area contributed by atoms with E-state index in [0.29, 0.717) is 0 Å². The molecule has 0 radical (unpaired) electrons. The van der Waals surface area contributed by atoms with Gasteiger partial charge in [-0.2, -0.15) is 0 Å². The summed E-state index contributed by atoms with van der Waals surface area (Å²) in [5.41, 5.74) is 11.4. The molecule has 0 bridgehead atoms. The molecule has 0 saturated heterocycles. The third-order valence-corrected chi connectivity index (χ3v) is 13.6. The number of rotatable bonds is 4. The first-order chi connectivity index (χ1) is 26.2. The molecule has 0 aliphatic carbocycles. The van der Waals surface area contributed by atoms with Crippen LogP contribution in [0, 0.1) is 6.92 Å². The van der Waals surface area contributed by atoms with E-state index in [9.17, 15) is 0 Å². The number of fused-ring (bicyclic) bond motifs is 7. The van der Waals surface area contributed by atoms with Crippen molar-refractivity contribution < 1.29 is 4.42 Å². The topological polar surface area (TPSA) is 13.1 Å². The van der Waals surface area contributed by atoms with E-state index in [0.717, 1.165) is 11.1 Å². The van der Waals surface area contributed by atoms with Crippen molar-refractivity contribution in [3.8, 4) is 44.5 Å². The number of hydrogen-bond donors (Lipinski definition) is 0. The Morgan fingerprint density at radius 2 is 0.830 bits per heavy atom. The summed E-state index contributed by atoms with van der Waals surface area (Å²) in [4.78, 5) is 0. The van der Waals surface area contributed by atoms with E-state index in [-0.39, 0.29) is 14.5 Å². The first kappa shape index (κ1) is 30.4. The van der Waals surface area contributed by atoms with Crippen molar-refractivity contribution in [3.63, 3.8) is 0 Å². The quantitative estimate of drug-likeness (QED) is 0.129. The second kappa shape index (κ2) is 11.9. The van der Waals surface area contributed by atoms with Crippen LogP contribution in [0.4, 0.5) is 0 Å². The van der Waals surface area contributed by atoms with E-state index in [1.807, 2.05) is 12.5 Å². The van der Waals surface area contributed by atoms with Gasteiger partial charge in [0, 0.05) is 0 Å². The van der Waals surface area contributed by atoms with Crippen LogP contribution in [0.15, 0.2) is 181 Å². The molecule has 0 unspecified atom stereocenters. The Bertz CT molecular complexity index is 3120. The van der Waals surface area contributed by atoms with Gasteiger partial charge in [-0.3, -0.25) is 0 Å². The molecule has 0 saturated carbocycles. The molecule has 2 heteroatoms. The van der Waals surface area contributed by atoms with Crippen LogP contribution < -0.4 is 0 Å². The maximum absolute atomic E-state index is 5.71. The molecule has 2 aromatic heterocycles. The molecule has 1 nitrogen and oxygen atoms in total. The van der Waals surface area contributed by atoms with E-state index in [1.165, 1.54) is 101 Å². The van der Waals surface area contributed by atoms with Crippen molar-refractivity contribution in [3.05, 3.63) is 182 Å². The summed E-state index contributed by atoms with van der Waals surface area (Å²) in [5.74, 6) is 0. The second-order valence-corrected chi connectivity index (χ2v) is 16.2. The molecule has 11 aromatic rings. The van der Waals surface area contributed by atoms with E-state index in [1.54, 1.807) is 0 Å². The van der Waals surface area contributed by atoms with Crippen molar-refractivity contribution in [1.29, 1.82) is 0 Å². The summed E-state index contributed by atoms with van der Waals surface area (Å²) in [6.45, 7) is 2.13. The molecule has 0 spiro atoms. The van der Waals surface area contributed by atoms with Gasteiger partial charge in [-0.25, -0.2) is 0 Å². The van der Waals surface area contributed by atoms with Crippen LogP contribution in [-0.2, 0) is 0 Å². The Hall–Kier alpha value is -6.18. The van der Waals surface area contributed by atoms with Crippen molar-refractivity contribution in [2.45, 2.75) is 6.92 Å². The fraction of sp³-hybridized carbons (Fsp3) is 0.0196. The Kier molecular flexibility index (Phi) is 6.86. The van der Waals surface area contributed by atoms with Gasteiger partial charge in [0.2, 0.25) is 0 Å². The van der Waals surface area contributed by atoms with Crippen LogP contribution in [0.25, 0.3) is 107 Å². The normalized spacial score (nSPS) is 11.9.